The Morgan fingerprint density at radius 3 is 0.778 bits per heavy atom. The van der Waals surface area contributed by atoms with E-state index in [1.54, 1.807) is 0 Å². The van der Waals surface area contributed by atoms with Gasteiger partial charge in [0, 0.05) is 19.3 Å². The van der Waals surface area contributed by atoms with Crippen LogP contribution in [0.5, 0.6) is 0 Å². The first-order valence-electron chi connectivity index (χ1n) is 33.3. The van der Waals surface area contributed by atoms with Gasteiger partial charge in [0.25, 0.3) is 0 Å². The van der Waals surface area contributed by atoms with Crippen LogP contribution in [0.15, 0.2) is 146 Å². The summed E-state index contributed by atoms with van der Waals surface area (Å²) in [4.78, 5) is 38.3. The van der Waals surface area contributed by atoms with Crippen LogP contribution < -0.4 is 0 Å². The van der Waals surface area contributed by atoms with Gasteiger partial charge in [0.1, 0.15) is 13.2 Å². The molecule has 0 aromatic carbocycles. The molecule has 0 radical (unpaired) electrons. The molecule has 6 heteroatoms. The molecular formula is C75H122O6. The van der Waals surface area contributed by atoms with E-state index in [-0.39, 0.29) is 31.1 Å². The SMILES string of the molecule is CC/C=C\C/C=C\C/C=C\C/C=C\C/C=C\C/C=C\C/C=C\C/C=C\CCCCCCCCC(=O)OCC(COC(=O)CCCCC/C=C\C/C=C\C/C=C\CC)OC(=O)CCCCCCCCCCC/C=C\CCCCCCCC. The van der Waals surface area contributed by atoms with E-state index >= 15 is 0 Å². The fraction of sp³-hybridized carbons (Fsp3) is 0.640. The van der Waals surface area contributed by atoms with Crippen molar-refractivity contribution in [3.63, 3.8) is 0 Å². The maximum atomic E-state index is 12.9. The summed E-state index contributed by atoms with van der Waals surface area (Å²) >= 11 is 0. The van der Waals surface area contributed by atoms with Crippen molar-refractivity contribution < 1.29 is 28.6 Å². The minimum Gasteiger partial charge on any atom is -0.462 e. The molecule has 6 nitrogen and oxygen atoms in total. The summed E-state index contributed by atoms with van der Waals surface area (Å²) in [6.45, 7) is 6.38. The van der Waals surface area contributed by atoms with Gasteiger partial charge >= 0.3 is 17.9 Å². The Hall–Kier alpha value is -4.71. The van der Waals surface area contributed by atoms with Gasteiger partial charge < -0.3 is 14.2 Å². The molecule has 0 rings (SSSR count). The number of hydrogen-bond acceptors (Lipinski definition) is 6. The van der Waals surface area contributed by atoms with Crippen LogP contribution in [0.4, 0.5) is 0 Å². The number of allylic oxidation sites excluding steroid dienone is 24. The monoisotopic (exact) mass is 1120 g/mol. The highest BCUT2D eigenvalue weighted by Gasteiger charge is 2.19. The van der Waals surface area contributed by atoms with Crippen molar-refractivity contribution in [3.8, 4) is 0 Å². The van der Waals surface area contributed by atoms with Crippen LogP contribution in [-0.4, -0.2) is 37.2 Å². The Bertz CT molecular complexity index is 1760. The first-order chi connectivity index (χ1) is 40.0. The Morgan fingerprint density at radius 2 is 0.481 bits per heavy atom. The molecule has 0 bridgehead atoms. The number of carbonyl (C=O) groups is 3. The minimum absolute atomic E-state index is 0.100. The largest absolute Gasteiger partial charge is 0.462 e. The van der Waals surface area contributed by atoms with E-state index in [0.717, 1.165) is 148 Å². The van der Waals surface area contributed by atoms with Crippen molar-refractivity contribution in [2.75, 3.05) is 13.2 Å². The zero-order valence-electron chi connectivity index (χ0n) is 52.5. The number of rotatable bonds is 59. The Balaban J connectivity index is 4.36. The minimum atomic E-state index is -0.804. The summed E-state index contributed by atoms with van der Waals surface area (Å²) in [7, 11) is 0. The predicted octanol–water partition coefficient (Wildman–Crippen LogP) is 23.1. The van der Waals surface area contributed by atoms with Crippen molar-refractivity contribution in [3.05, 3.63) is 146 Å². The fourth-order valence-electron chi connectivity index (χ4n) is 8.88. The summed E-state index contributed by atoms with van der Waals surface area (Å²) in [5.41, 5.74) is 0. The highest BCUT2D eigenvalue weighted by Crippen LogP contribution is 2.15. The molecule has 1 unspecified atom stereocenters. The van der Waals surface area contributed by atoms with Gasteiger partial charge in [-0.25, -0.2) is 0 Å². The van der Waals surface area contributed by atoms with Gasteiger partial charge in [-0.15, -0.1) is 0 Å². The molecule has 0 N–H and O–H groups in total. The maximum Gasteiger partial charge on any atom is 0.306 e. The lowest BCUT2D eigenvalue weighted by Crippen LogP contribution is -2.30. The second kappa shape index (κ2) is 67.8. The normalized spacial score (nSPS) is 13.1. The predicted molar refractivity (Wildman–Crippen MR) is 352 cm³/mol. The lowest BCUT2D eigenvalue weighted by molar-refractivity contribution is -0.167. The molecule has 0 aliphatic rings. The molecule has 0 spiro atoms. The number of esters is 3. The fourth-order valence-corrected chi connectivity index (χ4v) is 8.88. The summed E-state index contributed by atoms with van der Waals surface area (Å²) in [6, 6.07) is 0. The van der Waals surface area contributed by atoms with Crippen LogP contribution in [0.1, 0.15) is 290 Å². The lowest BCUT2D eigenvalue weighted by atomic mass is 10.1. The van der Waals surface area contributed by atoms with Crippen molar-refractivity contribution in [1.82, 2.24) is 0 Å². The summed E-state index contributed by atoms with van der Waals surface area (Å²) in [5.74, 6) is -0.943. The Morgan fingerprint density at radius 1 is 0.259 bits per heavy atom. The number of unbranched alkanes of at least 4 members (excludes halogenated alkanes) is 24. The van der Waals surface area contributed by atoms with E-state index in [9.17, 15) is 14.4 Å². The first-order valence-corrected chi connectivity index (χ1v) is 33.3. The summed E-state index contributed by atoms with van der Waals surface area (Å²) < 4.78 is 16.9. The van der Waals surface area contributed by atoms with Crippen LogP contribution in [-0.2, 0) is 28.6 Å². The van der Waals surface area contributed by atoms with Gasteiger partial charge in [0.2, 0.25) is 0 Å². The van der Waals surface area contributed by atoms with E-state index < -0.39 is 6.10 Å². The second-order valence-corrected chi connectivity index (χ2v) is 21.6. The molecule has 0 heterocycles. The number of hydrogen-bond donors (Lipinski definition) is 0. The molecule has 0 aliphatic heterocycles. The van der Waals surface area contributed by atoms with Crippen LogP contribution in [0.2, 0.25) is 0 Å². The van der Waals surface area contributed by atoms with E-state index in [1.165, 1.54) is 103 Å². The van der Waals surface area contributed by atoms with Crippen LogP contribution in [0, 0.1) is 0 Å². The molecule has 81 heavy (non-hydrogen) atoms. The molecule has 0 aliphatic carbocycles. The molecular weight excluding hydrogens is 997 g/mol. The smallest absolute Gasteiger partial charge is 0.306 e. The number of carbonyl (C=O) groups excluding carboxylic acids is 3. The molecule has 0 saturated heterocycles. The van der Waals surface area contributed by atoms with Gasteiger partial charge in [-0.2, -0.15) is 0 Å². The molecule has 0 aromatic heterocycles. The molecule has 0 aromatic rings. The number of ether oxygens (including phenoxy) is 3. The third-order valence-corrected chi connectivity index (χ3v) is 13.8. The Labute approximate surface area is 499 Å². The van der Waals surface area contributed by atoms with Gasteiger partial charge in [-0.1, -0.05) is 276 Å². The Kier molecular flexibility index (Phi) is 63.9. The van der Waals surface area contributed by atoms with E-state index in [4.69, 9.17) is 14.2 Å². The van der Waals surface area contributed by atoms with Crippen molar-refractivity contribution in [2.24, 2.45) is 0 Å². The maximum absolute atomic E-state index is 12.9. The third kappa shape index (κ3) is 66.0. The highest BCUT2D eigenvalue weighted by molar-refractivity contribution is 5.71. The average Bonchev–Trinajstić information content (AvgIpc) is 3.46. The van der Waals surface area contributed by atoms with Gasteiger partial charge in [0.15, 0.2) is 6.10 Å². The van der Waals surface area contributed by atoms with Crippen LogP contribution in [0.3, 0.4) is 0 Å². The standard InChI is InChI=1S/C75H122O6/c1-4-7-10-13-16-19-22-25-27-29-31-32-33-34-35-36-37-38-39-40-41-42-44-45-47-50-53-56-59-62-65-68-74(77)80-71-72(70-79-73(76)67-64-61-58-55-52-49-24-21-18-15-12-9-6-3)81-75(78)69-66-63-60-57-54-51-48-46-43-30-28-26-23-20-17-14-11-8-5-2/h7,9-10,12,16,18-19,21,25-28,31-32,34-35,37-38,40-41,44-45,49,52,72H,4-6,8,11,13-15,17,20,22-24,29-30,33,36,39,42-43,46-48,50-51,53-71H2,1-3H3/b10-7-,12-9-,19-16-,21-18-,27-25-,28-26-,32-31-,35-34-,38-37-,41-40-,45-44-,52-49-. The third-order valence-electron chi connectivity index (χ3n) is 13.8. The lowest BCUT2D eigenvalue weighted by Gasteiger charge is -2.18. The first kappa shape index (κ1) is 76.3. The van der Waals surface area contributed by atoms with E-state index in [0.29, 0.717) is 19.3 Å². The molecule has 0 fully saturated rings. The zero-order valence-corrected chi connectivity index (χ0v) is 52.5. The highest BCUT2D eigenvalue weighted by atomic mass is 16.6. The van der Waals surface area contributed by atoms with Crippen molar-refractivity contribution in [2.45, 2.75) is 297 Å². The second-order valence-electron chi connectivity index (χ2n) is 21.6. The van der Waals surface area contributed by atoms with Crippen LogP contribution >= 0.6 is 0 Å². The molecule has 0 amide bonds. The molecule has 458 valence electrons. The van der Waals surface area contributed by atoms with Crippen molar-refractivity contribution >= 4 is 17.9 Å². The van der Waals surface area contributed by atoms with Crippen LogP contribution in [0.25, 0.3) is 0 Å². The van der Waals surface area contributed by atoms with Crippen molar-refractivity contribution in [1.29, 1.82) is 0 Å². The van der Waals surface area contributed by atoms with Gasteiger partial charge in [-0.3, -0.25) is 14.4 Å². The average molecular weight is 1120 g/mol. The van der Waals surface area contributed by atoms with E-state index in [1.807, 2.05) is 0 Å². The zero-order chi connectivity index (χ0) is 58.5. The summed E-state index contributed by atoms with van der Waals surface area (Å²) in [6.07, 6.45) is 97.2. The molecule has 0 saturated carbocycles. The topological polar surface area (TPSA) is 78.9 Å². The van der Waals surface area contributed by atoms with Gasteiger partial charge in [-0.05, 0) is 141 Å². The molecule has 1 atom stereocenters. The summed E-state index contributed by atoms with van der Waals surface area (Å²) in [5, 5.41) is 0. The van der Waals surface area contributed by atoms with E-state index in [2.05, 4.69) is 167 Å². The quantitative estimate of drug-likeness (QED) is 0.0261. The van der Waals surface area contributed by atoms with Gasteiger partial charge in [0.05, 0.1) is 0 Å².